The van der Waals surface area contributed by atoms with Crippen LogP contribution in [0.1, 0.15) is 18.9 Å². The van der Waals surface area contributed by atoms with Crippen molar-refractivity contribution in [2.75, 3.05) is 25.2 Å². The minimum atomic E-state index is -2.96. The maximum absolute atomic E-state index is 11.0. The normalized spacial score (nSPS) is 11.1. The van der Waals surface area contributed by atoms with Gasteiger partial charge < -0.3 is 15.2 Å². The number of benzene rings is 1. The van der Waals surface area contributed by atoms with E-state index in [1.54, 1.807) is 18.2 Å². The van der Waals surface area contributed by atoms with Gasteiger partial charge >= 0.3 is 0 Å². The molecule has 0 fully saturated rings. The van der Waals surface area contributed by atoms with Crippen molar-refractivity contribution in [2.24, 2.45) is 5.73 Å². The molecule has 0 aliphatic carbocycles. The molecule has 1 aromatic carbocycles. The van der Waals surface area contributed by atoms with Crippen LogP contribution in [0.25, 0.3) is 0 Å². The third-order valence-electron chi connectivity index (χ3n) is 2.45. The van der Waals surface area contributed by atoms with E-state index in [0.29, 0.717) is 36.7 Å². The first-order valence-corrected chi connectivity index (χ1v) is 8.67. The van der Waals surface area contributed by atoms with Gasteiger partial charge in [-0.15, -0.1) is 0 Å². The summed E-state index contributed by atoms with van der Waals surface area (Å²) < 4.78 is 33.1. The maximum Gasteiger partial charge on any atom is 0.161 e. The second-order valence-electron chi connectivity index (χ2n) is 4.29. The molecule has 0 aliphatic heterocycles. The topological polar surface area (TPSA) is 78.6 Å². The van der Waals surface area contributed by atoms with Gasteiger partial charge in [-0.25, -0.2) is 8.42 Å². The lowest BCUT2D eigenvalue weighted by Crippen LogP contribution is -2.11. The maximum atomic E-state index is 11.0. The highest BCUT2D eigenvalue weighted by atomic mass is 32.2. The van der Waals surface area contributed by atoms with Gasteiger partial charge in [0.1, 0.15) is 14.8 Å². The van der Waals surface area contributed by atoms with Gasteiger partial charge in [0.25, 0.3) is 0 Å². The molecule has 5 nitrogen and oxygen atoms in total. The molecule has 0 saturated heterocycles. The Labute approximate surface area is 125 Å². The first kappa shape index (κ1) is 16.7. The molecular weight excluding hydrogens is 298 g/mol. The molecule has 1 rings (SSSR count). The summed E-state index contributed by atoms with van der Waals surface area (Å²) in [4.78, 5) is 0.287. The fourth-order valence-electron chi connectivity index (χ4n) is 1.55. The number of sulfone groups is 1. The van der Waals surface area contributed by atoms with Crippen LogP contribution in [0, 0.1) is 0 Å². The Bertz CT molecular complexity index is 570. The second kappa shape index (κ2) is 7.44. The fourth-order valence-corrected chi connectivity index (χ4v) is 2.32. The van der Waals surface area contributed by atoms with E-state index in [2.05, 4.69) is 0 Å². The third-order valence-corrected chi connectivity index (χ3v) is 3.71. The molecule has 0 spiro atoms. The molecule has 20 heavy (non-hydrogen) atoms. The zero-order valence-electron chi connectivity index (χ0n) is 11.6. The number of nitrogens with two attached hydrogens (primary N) is 1. The molecule has 0 heterocycles. The van der Waals surface area contributed by atoms with Crippen molar-refractivity contribution in [1.82, 2.24) is 0 Å². The SMILES string of the molecule is CCOc1cc(C(N)=S)ccc1OCCCS(C)(=O)=O. The van der Waals surface area contributed by atoms with Crippen LogP contribution in [0.3, 0.4) is 0 Å². The molecule has 0 atom stereocenters. The van der Waals surface area contributed by atoms with E-state index in [-0.39, 0.29) is 10.7 Å². The van der Waals surface area contributed by atoms with E-state index >= 15 is 0 Å². The monoisotopic (exact) mass is 317 g/mol. The van der Waals surface area contributed by atoms with Crippen LogP contribution < -0.4 is 15.2 Å². The molecule has 1 aromatic rings. The smallest absolute Gasteiger partial charge is 0.161 e. The molecule has 7 heteroatoms. The predicted octanol–water partition coefficient (Wildman–Crippen LogP) is 1.53. The van der Waals surface area contributed by atoms with E-state index in [4.69, 9.17) is 27.4 Å². The van der Waals surface area contributed by atoms with Crippen molar-refractivity contribution in [3.63, 3.8) is 0 Å². The highest BCUT2D eigenvalue weighted by molar-refractivity contribution is 7.90. The van der Waals surface area contributed by atoms with Crippen LogP contribution in [-0.4, -0.2) is 38.6 Å². The van der Waals surface area contributed by atoms with Crippen molar-refractivity contribution < 1.29 is 17.9 Å². The van der Waals surface area contributed by atoms with Crippen LogP contribution in [0.15, 0.2) is 18.2 Å². The van der Waals surface area contributed by atoms with E-state index in [1.807, 2.05) is 6.92 Å². The average Bonchev–Trinajstić information content (AvgIpc) is 2.35. The number of ether oxygens (including phenoxy) is 2. The molecular formula is C13H19NO4S2. The lowest BCUT2D eigenvalue weighted by Gasteiger charge is -2.13. The molecule has 0 aromatic heterocycles. The minimum absolute atomic E-state index is 0.0991. The van der Waals surface area contributed by atoms with Gasteiger partial charge in [0.15, 0.2) is 11.5 Å². The predicted molar refractivity (Wildman–Crippen MR) is 83.3 cm³/mol. The van der Waals surface area contributed by atoms with E-state index in [9.17, 15) is 8.42 Å². The number of hydrogen-bond acceptors (Lipinski definition) is 5. The Morgan fingerprint density at radius 2 is 2.00 bits per heavy atom. The minimum Gasteiger partial charge on any atom is -0.490 e. The number of rotatable bonds is 8. The summed E-state index contributed by atoms with van der Waals surface area (Å²) >= 11 is 4.91. The van der Waals surface area contributed by atoms with Crippen molar-refractivity contribution in [1.29, 1.82) is 0 Å². The Hall–Kier alpha value is -1.34. The summed E-state index contributed by atoms with van der Waals surface area (Å²) in [7, 11) is -2.96. The number of hydrogen-bond donors (Lipinski definition) is 1. The summed E-state index contributed by atoms with van der Waals surface area (Å²) in [5.74, 6) is 1.21. The highest BCUT2D eigenvalue weighted by Crippen LogP contribution is 2.28. The summed E-state index contributed by atoms with van der Waals surface area (Å²) in [5, 5.41) is 0. The van der Waals surface area contributed by atoms with Gasteiger partial charge in [0, 0.05) is 11.8 Å². The molecule has 0 saturated carbocycles. The van der Waals surface area contributed by atoms with Crippen LogP contribution in [0.4, 0.5) is 0 Å². The van der Waals surface area contributed by atoms with Crippen molar-refractivity contribution in [3.8, 4) is 11.5 Å². The van der Waals surface area contributed by atoms with Crippen molar-refractivity contribution in [2.45, 2.75) is 13.3 Å². The quantitative estimate of drug-likeness (QED) is 0.579. The van der Waals surface area contributed by atoms with Gasteiger partial charge in [0.05, 0.1) is 19.0 Å². The Morgan fingerprint density at radius 3 is 2.55 bits per heavy atom. The van der Waals surface area contributed by atoms with Crippen LogP contribution in [0.2, 0.25) is 0 Å². The van der Waals surface area contributed by atoms with Crippen molar-refractivity contribution in [3.05, 3.63) is 23.8 Å². The molecule has 0 radical (unpaired) electrons. The lowest BCUT2D eigenvalue weighted by molar-refractivity contribution is 0.277. The molecule has 0 bridgehead atoms. The van der Waals surface area contributed by atoms with Gasteiger partial charge in [-0.2, -0.15) is 0 Å². The van der Waals surface area contributed by atoms with Crippen molar-refractivity contribution >= 4 is 27.0 Å². The molecule has 0 amide bonds. The Balaban J connectivity index is 2.71. The summed E-state index contributed by atoms with van der Waals surface area (Å²) in [6, 6.07) is 5.19. The van der Waals surface area contributed by atoms with Crippen LogP contribution in [0.5, 0.6) is 11.5 Å². The lowest BCUT2D eigenvalue weighted by atomic mass is 10.2. The first-order valence-electron chi connectivity index (χ1n) is 6.20. The summed E-state index contributed by atoms with van der Waals surface area (Å²) in [5.41, 5.74) is 6.27. The van der Waals surface area contributed by atoms with E-state index < -0.39 is 9.84 Å². The Morgan fingerprint density at radius 1 is 1.30 bits per heavy atom. The fraction of sp³-hybridized carbons (Fsp3) is 0.462. The third kappa shape index (κ3) is 5.75. The number of thiocarbonyl (C=S) groups is 1. The van der Waals surface area contributed by atoms with Crippen LogP contribution in [-0.2, 0) is 9.84 Å². The molecule has 112 valence electrons. The first-order chi connectivity index (χ1) is 9.33. The van der Waals surface area contributed by atoms with E-state index in [1.165, 1.54) is 6.26 Å². The second-order valence-corrected chi connectivity index (χ2v) is 6.99. The largest absolute Gasteiger partial charge is 0.490 e. The van der Waals surface area contributed by atoms with Gasteiger partial charge in [-0.1, -0.05) is 12.2 Å². The van der Waals surface area contributed by atoms with Gasteiger partial charge in [0.2, 0.25) is 0 Å². The summed E-state index contributed by atoms with van der Waals surface area (Å²) in [6.07, 6.45) is 1.64. The van der Waals surface area contributed by atoms with Gasteiger partial charge in [-0.3, -0.25) is 0 Å². The van der Waals surface area contributed by atoms with E-state index in [0.717, 1.165) is 0 Å². The molecule has 2 N–H and O–H groups in total. The highest BCUT2D eigenvalue weighted by Gasteiger charge is 2.09. The molecule has 0 unspecified atom stereocenters. The van der Waals surface area contributed by atoms with Crippen LogP contribution >= 0.6 is 12.2 Å². The van der Waals surface area contributed by atoms with Gasteiger partial charge in [-0.05, 0) is 31.5 Å². The summed E-state index contributed by atoms with van der Waals surface area (Å²) in [6.45, 7) is 2.65. The molecule has 0 aliphatic rings. The zero-order chi connectivity index (χ0) is 15.2. The Kier molecular flexibility index (Phi) is 6.22. The zero-order valence-corrected chi connectivity index (χ0v) is 13.2. The standard InChI is InChI=1S/C13H19NO4S2/c1-3-17-12-9-10(13(14)19)5-6-11(12)18-7-4-8-20(2,15)16/h5-6,9H,3-4,7-8H2,1-2H3,(H2,14,19). The average molecular weight is 317 g/mol.